The van der Waals surface area contributed by atoms with E-state index in [9.17, 15) is 0 Å². The third-order valence-corrected chi connectivity index (χ3v) is 13.4. The van der Waals surface area contributed by atoms with E-state index in [1.165, 1.54) is 78.1 Å². The summed E-state index contributed by atoms with van der Waals surface area (Å²) in [6, 6.07) is 81.0. The maximum atomic E-state index is 2.51. The Morgan fingerprint density at radius 3 is 1.67 bits per heavy atom. The van der Waals surface area contributed by atoms with Crippen LogP contribution in [0.2, 0.25) is 0 Å². The van der Waals surface area contributed by atoms with Crippen molar-refractivity contribution >= 4 is 34.1 Å². The van der Waals surface area contributed by atoms with Crippen molar-refractivity contribution in [1.29, 1.82) is 0 Å². The minimum Gasteiger partial charge on any atom is -0.310 e. The first-order chi connectivity index (χ1) is 29.5. The molecule has 60 heavy (non-hydrogen) atoms. The van der Waals surface area contributed by atoms with E-state index in [0.29, 0.717) is 0 Å². The summed E-state index contributed by atoms with van der Waals surface area (Å²) in [5, 5.41) is 0. The van der Waals surface area contributed by atoms with Gasteiger partial charge in [-0.15, -0.1) is 0 Å². The lowest BCUT2D eigenvalue weighted by Crippen LogP contribution is -2.36. The van der Waals surface area contributed by atoms with E-state index in [1.54, 1.807) is 0 Å². The molecular formula is C58H42N2. The maximum Gasteiger partial charge on any atom is 0.0755 e. The van der Waals surface area contributed by atoms with E-state index in [4.69, 9.17) is 0 Å². The highest BCUT2D eigenvalue weighted by atomic mass is 15.2. The Bertz CT molecular complexity index is 3130. The molecule has 2 aliphatic carbocycles. The van der Waals surface area contributed by atoms with Crippen LogP contribution in [0, 0.1) is 0 Å². The predicted molar refractivity (Wildman–Crippen MR) is 250 cm³/mol. The van der Waals surface area contributed by atoms with Crippen LogP contribution in [0.1, 0.15) is 47.2 Å². The van der Waals surface area contributed by atoms with Crippen molar-refractivity contribution in [3.63, 3.8) is 0 Å². The first-order valence-corrected chi connectivity index (χ1v) is 21.0. The lowest BCUT2D eigenvalue weighted by molar-refractivity contribution is 0.660. The molecule has 0 radical (unpaired) electrons. The molecular weight excluding hydrogens is 725 g/mol. The van der Waals surface area contributed by atoms with Crippen LogP contribution in [0.4, 0.5) is 34.1 Å². The molecule has 0 amide bonds. The quantitative estimate of drug-likeness (QED) is 0.166. The van der Waals surface area contributed by atoms with Crippen LogP contribution in [0.3, 0.4) is 0 Å². The molecule has 0 fully saturated rings. The molecule has 9 aromatic carbocycles. The number of rotatable bonds is 6. The van der Waals surface area contributed by atoms with Gasteiger partial charge in [-0.1, -0.05) is 178 Å². The zero-order chi connectivity index (χ0) is 40.0. The van der Waals surface area contributed by atoms with Gasteiger partial charge in [0.05, 0.1) is 22.5 Å². The Kier molecular flexibility index (Phi) is 7.52. The average molecular weight is 767 g/mol. The molecule has 1 aliphatic heterocycles. The fraction of sp³-hybridized carbons (Fsp3) is 0.0690. The molecule has 0 saturated carbocycles. The molecule has 1 heterocycles. The van der Waals surface area contributed by atoms with Crippen molar-refractivity contribution in [2.45, 2.75) is 24.7 Å². The molecule has 0 spiro atoms. The molecule has 2 nitrogen and oxygen atoms in total. The standard InChI is InChI=1S/C58H42N2/c1-57(2)49-28-14-12-26-45(49)46-35-33-42(37-51(46)57)59(53-30-16-13-25-44(53)39-19-6-3-7-20-39)43-34-36-47-48-27-18-32-55-56(48)58(52(47)38-43,40-21-8-4-9-22-40)50-29-15-17-31-54(50)60(55)41-23-10-5-11-24-41/h3-38H,1-2H3. The molecule has 0 saturated heterocycles. The van der Waals surface area contributed by atoms with Gasteiger partial charge in [0.1, 0.15) is 0 Å². The molecule has 2 heteroatoms. The summed E-state index contributed by atoms with van der Waals surface area (Å²) in [7, 11) is 0. The fourth-order valence-electron chi connectivity index (χ4n) is 10.9. The number of para-hydroxylation sites is 3. The summed E-state index contributed by atoms with van der Waals surface area (Å²) in [4.78, 5) is 4.98. The van der Waals surface area contributed by atoms with Crippen molar-refractivity contribution in [3.05, 3.63) is 252 Å². The summed E-state index contributed by atoms with van der Waals surface area (Å²) in [6.07, 6.45) is 0. The summed E-state index contributed by atoms with van der Waals surface area (Å²) in [5.41, 5.74) is 21.7. The van der Waals surface area contributed by atoms with Gasteiger partial charge in [0.2, 0.25) is 0 Å². The lowest BCUT2D eigenvalue weighted by atomic mass is 9.65. The first-order valence-electron chi connectivity index (χ1n) is 21.0. The lowest BCUT2D eigenvalue weighted by Gasteiger charge is -2.44. The molecule has 1 unspecified atom stereocenters. The smallest absolute Gasteiger partial charge is 0.0755 e. The molecule has 0 aromatic heterocycles. The zero-order valence-corrected chi connectivity index (χ0v) is 33.7. The monoisotopic (exact) mass is 766 g/mol. The third kappa shape index (κ3) is 4.76. The second kappa shape index (κ2) is 13.0. The van der Waals surface area contributed by atoms with Crippen LogP contribution in [0.5, 0.6) is 0 Å². The molecule has 0 N–H and O–H groups in total. The van der Waals surface area contributed by atoms with Crippen LogP contribution in [-0.2, 0) is 10.8 Å². The SMILES string of the molecule is CC1(C)c2ccccc2-c2ccc(N(c3ccc4c(c3)C3(c5ccccc5)c5ccccc5N(c5ccccc5)c5cccc-4c53)c3ccccc3-c3ccccc3)cc21. The number of anilines is 6. The number of nitrogens with zero attached hydrogens (tertiary/aromatic N) is 2. The number of hydrogen-bond donors (Lipinski definition) is 0. The summed E-state index contributed by atoms with van der Waals surface area (Å²) < 4.78 is 0. The van der Waals surface area contributed by atoms with Crippen molar-refractivity contribution in [2.24, 2.45) is 0 Å². The van der Waals surface area contributed by atoms with E-state index in [1.807, 2.05) is 0 Å². The van der Waals surface area contributed by atoms with Gasteiger partial charge in [-0.3, -0.25) is 0 Å². The highest BCUT2D eigenvalue weighted by molar-refractivity contribution is 6.00. The van der Waals surface area contributed by atoms with Crippen molar-refractivity contribution in [3.8, 4) is 33.4 Å². The van der Waals surface area contributed by atoms with Gasteiger partial charge in [0, 0.05) is 33.6 Å². The molecule has 1 atom stereocenters. The van der Waals surface area contributed by atoms with Crippen LogP contribution < -0.4 is 9.80 Å². The predicted octanol–water partition coefficient (Wildman–Crippen LogP) is 15.3. The second-order valence-corrected chi connectivity index (χ2v) is 16.9. The van der Waals surface area contributed by atoms with Crippen LogP contribution in [-0.4, -0.2) is 0 Å². The Labute approximate surface area is 352 Å². The van der Waals surface area contributed by atoms with E-state index < -0.39 is 5.41 Å². The fourth-order valence-corrected chi connectivity index (χ4v) is 10.9. The van der Waals surface area contributed by atoms with Gasteiger partial charge < -0.3 is 9.80 Å². The number of benzene rings is 9. The molecule has 0 bridgehead atoms. The minimum atomic E-state index is -0.563. The Hall–Kier alpha value is -7.42. The topological polar surface area (TPSA) is 6.48 Å². The third-order valence-electron chi connectivity index (χ3n) is 13.4. The summed E-state index contributed by atoms with van der Waals surface area (Å²) in [5.74, 6) is 0. The molecule has 12 rings (SSSR count). The minimum absolute atomic E-state index is 0.143. The zero-order valence-electron chi connectivity index (χ0n) is 33.7. The molecule has 284 valence electrons. The average Bonchev–Trinajstić information content (AvgIpc) is 3.74. The summed E-state index contributed by atoms with van der Waals surface area (Å²) >= 11 is 0. The summed E-state index contributed by atoms with van der Waals surface area (Å²) in [6.45, 7) is 4.74. The Balaban J connectivity index is 1.15. The van der Waals surface area contributed by atoms with Crippen molar-refractivity contribution in [2.75, 3.05) is 9.80 Å². The Morgan fingerprint density at radius 1 is 0.383 bits per heavy atom. The maximum absolute atomic E-state index is 2.51. The second-order valence-electron chi connectivity index (χ2n) is 16.9. The van der Waals surface area contributed by atoms with Gasteiger partial charge in [0.15, 0.2) is 0 Å². The normalized spacial score (nSPS) is 16.0. The van der Waals surface area contributed by atoms with Gasteiger partial charge in [-0.25, -0.2) is 0 Å². The molecule has 3 aliphatic rings. The highest BCUT2D eigenvalue weighted by Crippen LogP contribution is 2.65. The van der Waals surface area contributed by atoms with E-state index in [-0.39, 0.29) is 5.41 Å². The van der Waals surface area contributed by atoms with Crippen LogP contribution >= 0.6 is 0 Å². The van der Waals surface area contributed by atoms with E-state index >= 15 is 0 Å². The van der Waals surface area contributed by atoms with E-state index in [0.717, 1.165) is 22.7 Å². The number of hydrogen-bond acceptors (Lipinski definition) is 2. The van der Waals surface area contributed by atoms with Crippen molar-refractivity contribution < 1.29 is 0 Å². The van der Waals surface area contributed by atoms with Gasteiger partial charge in [-0.2, -0.15) is 0 Å². The largest absolute Gasteiger partial charge is 0.310 e. The van der Waals surface area contributed by atoms with Crippen molar-refractivity contribution in [1.82, 2.24) is 0 Å². The molecule has 9 aromatic rings. The highest BCUT2D eigenvalue weighted by Gasteiger charge is 2.52. The van der Waals surface area contributed by atoms with Gasteiger partial charge >= 0.3 is 0 Å². The van der Waals surface area contributed by atoms with Crippen LogP contribution in [0.25, 0.3) is 33.4 Å². The van der Waals surface area contributed by atoms with Gasteiger partial charge in [-0.05, 0) is 110 Å². The van der Waals surface area contributed by atoms with Gasteiger partial charge in [0.25, 0.3) is 0 Å². The number of fused-ring (bicyclic) bond motifs is 8. The van der Waals surface area contributed by atoms with Crippen LogP contribution in [0.15, 0.2) is 218 Å². The Morgan fingerprint density at radius 2 is 0.917 bits per heavy atom. The van der Waals surface area contributed by atoms with E-state index in [2.05, 4.69) is 242 Å². The first kappa shape index (κ1) is 34.6.